The van der Waals surface area contributed by atoms with Crippen LogP contribution < -0.4 is 0 Å². The van der Waals surface area contributed by atoms with Crippen molar-refractivity contribution in [1.82, 2.24) is 9.97 Å². The van der Waals surface area contributed by atoms with Gasteiger partial charge in [0.15, 0.2) is 0 Å². The van der Waals surface area contributed by atoms with Crippen LogP contribution in [0.15, 0.2) is 30.1 Å². The van der Waals surface area contributed by atoms with E-state index in [0.717, 1.165) is 16.6 Å². The molecule has 4 nitrogen and oxygen atoms in total. The fraction of sp³-hybridized carbons (Fsp3) is 0. The minimum atomic E-state index is 0.0745. The molecule has 0 aliphatic rings. The maximum Gasteiger partial charge on any atom is 0.130 e. The molecule has 2 rings (SSSR count). The highest BCUT2D eigenvalue weighted by Crippen LogP contribution is 2.17. The van der Waals surface area contributed by atoms with Gasteiger partial charge >= 0.3 is 0 Å². The molecule has 15 heavy (non-hydrogen) atoms. The van der Waals surface area contributed by atoms with Crippen LogP contribution >= 0.6 is 0 Å². The predicted molar refractivity (Wildman–Crippen MR) is 55.3 cm³/mol. The average Bonchev–Trinajstić information content (AvgIpc) is 2.74. The standard InChI is InChI=1S/C11H6N4/c12-5-8(6-13)4-9-2-1-3-10-11(9)15-7-14-10/h1-4,7H,(H,14,15). The number of H-pyrrole nitrogens is 1. The Kier molecular flexibility index (Phi) is 2.19. The van der Waals surface area contributed by atoms with Crippen molar-refractivity contribution in [2.75, 3.05) is 0 Å². The third-order valence-electron chi connectivity index (χ3n) is 2.02. The summed E-state index contributed by atoms with van der Waals surface area (Å²) in [6.07, 6.45) is 3.11. The van der Waals surface area contributed by atoms with E-state index in [9.17, 15) is 0 Å². The Morgan fingerprint density at radius 2 is 2.13 bits per heavy atom. The molecule has 0 saturated carbocycles. The van der Waals surface area contributed by atoms with Gasteiger partial charge in [-0.15, -0.1) is 0 Å². The monoisotopic (exact) mass is 194 g/mol. The van der Waals surface area contributed by atoms with Gasteiger partial charge in [-0.2, -0.15) is 10.5 Å². The van der Waals surface area contributed by atoms with Gasteiger partial charge in [-0.1, -0.05) is 12.1 Å². The molecule has 0 bridgehead atoms. The van der Waals surface area contributed by atoms with Gasteiger partial charge in [-0.3, -0.25) is 0 Å². The zero-order valence-corrected chi connectivity index (χ0v) is 7.73. The Balaban J connectivity index is 2.64. The summed E-state index contributed by atoms with van der Waals surface area (Å²) in [6, 6.07) is 9.19. The van der Waals surface area contributed by atoms with E-state index in [1.165, 1.54) is 6.08 Å². The number of nitrogens with one attached hydrogen (secondary N) is 1. The van der Waals surface area contributed by atoms with Crippen LogP contribution in [0.2, 0.25) is 0 Å². The molecule has 0 radical (unpaired) electrons. The van der Waals surface area contributed by atoms with E-state index in [-0.39, 0.29) is 5.57 Å². The number of aromatic amines is 1. The third kappa shape index (κ3) is 1.56. The highest BCUT2D eigenvalue weighted by Gasteiger charge is 2.01. The molecule has 0 aliphatic heterocycles. The molecule has 2 aromatic rings. The molecular weight excluding hydrogens is 188 g/mol. The number of fused-ring (bicyclic) bond motifs is 1. The first kappa shape index (κ1) is 8.98. The zero-order chi connectivity index (χ0) is 10.7. The van der Waals surface area contributed by atoms with E-state index in [0.29, 0.717) is 0 Å². The fourth-order valence-electron chi connectivity index (χ4n) is 1.35. The summed E-state index contributed by atoms with van der Waals surface area (Å²) in [5.74, 6) is 0. The minimum Gasteiger partial charge on any atom is -0.345 e. The summed E-state index contributed by atoms with van der Waals surface area (Å²) < 4.78 is 0. The number of nitrogens with zero attached hydrogens (tertiary/aromatic N) is 3. The number of rotatable bonds is 1. The van der Waals surface area contributed by atoms with Crippen LogP contribution in [0, 0.1) is 22.7 Å². The minimum absolute atomic E-state index is 0.0745. The number of benzene rings is 1. The molecule has 1 N–H and O–H groups in total. The highest BCUT2D eigenvalue weighted by atomic mass is 14.9. The number of allylic oxidation sites excluding steroid dienone is 1. The molecule has 70 valence electrons. The quantitative estimate of drug-likeness (QED) is 0.705. The second kappa shape index (κ2) is 3.65. The largest absolute Gasteiger partial charge is 0.345 e. The van der Waals surface area contributed by atoms with E-state index in [4.69, 9.17) is 10.5 Å². The van der Waals surface area contributed by atoms with Crippen LogP contribution in [0.5, 0.6) is 0 Å². The van der Waals surface area contributed by atoms with Crippen molar-refractivity contribution in [3.8, 4) is 12.1 Å². The summed E-state index contributed by atoms with van der Waals surface area (Å²) in [7, 11) is 0. The Labute approximate surface area is 86.1 Å². The Bertz CT molecular complexity index is 591. The van der Waals surface area contributed by atoms with Crippen molar-refractivity contribution in [3.63, 3.8) is 0 Å². The Morgan fingerprint density at radius 1 is 1.33 bits per heavy atom. The van der Waals surface area contributed by atoms with Gasteiger partial charge in [0, 0.05) is 5.56 Å². The second-order valence-corrected chi connectivity index (χ2v) is 2.93. The Morgan fingerprint density at radius 3 is 2.87 bits per heavy atom. The molecule has 1 aromatic heterocycles. The lowest BCUT2D eigenvalue weighted by Crippen LogP contribution is -1.79. The van der Waals surface area contributed by atoms with Crippen LogP contribution in [-0.4, -0.2) is 9.97 Å². The first-order valence-electron chi connectivity index (χ1n) is 4.29. The lowest BCUT2D eigenvalue weighted by atomic mass is 10.1. The van der Waals surface area contributed by atoms with E-state index in [1.54, 1.807) is 6.33 Å². The smallest absolute Gasteiger partial charge is 0.130 e. The van der Waals surface area contributed by atoms with Gasteiger partial charge in [0.2, 0.25) is 0 Å². The number of hydrogen-bond donors (Lipinski definition) is 1. The molecule has 0 unspecified atom stereocenters. The van der Waals surface area contributed by atoms with E-state index in [1.807, 2.05) is 30.3 Å². The summed E-state index contributed by atoms with van der Waals surface area (Å²) >= 11 is 0. The van der Waals surface area contributed by atoms with Gasteiger partial charge in [0.25, 0.3) is 0 Å². The zero-order valence-electron chi connectivity index (χ0n) is 7.73. The summed E-state index contributed by atoms with van der Waals surface area (Å²) in [5, 5.41) is 17.3. The lowest BCUT2D eigenvalue weighted by Gasteiger charge is -1.94. The fourth-order valence-corrected chi connectivity index (χ4v) is 1.35. The van der Waals surface area contributed by atoms with Gasteiger partial charge in [0.05, 0.1) is 17.4 Å². The number of nitriles is 2. The van der Waals surface area contributed by atoms with E-state index in [2.05, 4.69) is 9.97 Å². The van der Waals surface area contributed by atoms with Gasteiger partial charge in [0.1, 0.15) is 17.7 Å². The molecule has 1 heterocycles. The number of aromatic nitrogens is 2. The van der Waals surface area contributed by atoms with Gasteiger partial charge < -0.3 is 4.98 Å². The lowest BCUT2D eigenvalue weighted by molar-refractivity contribution is 1.34. The molecule has 0 amide bonds. The average molecular weight is 194 g/mol. The van der Waals surface area contributed by atoms with E-state index >= 15 is 0 Å². The summed E-state index contributed by atoms with van der Waals surface area (Å²) in [5.41, 5.74) is 2.50. The molecular formula is C11H6N4. The number of imidazole rings is 1. The SMILES string of the molecule is N#CC(C#N)=Cc1cccc2[nH]cnc12. The highest BCUT2D eigenvalue weighted by molar-refractivity contribution is 5.86. The number of hydrogen-bond acceptors (Lipinski definition) is 3. The maximum absolute atomic E-state index is 8.64. The van der Waals surface area contributed by atoms with Crippen LogP contribution in [0.1, 0.15) is 5.56 Å². The van der Waals surface area contributed by atoms with Crippen LogP contribution in [0.4, 0.5) is 0 Å². The molecule has 0 saturated heterocycles. The summed E-state index contributed by atoms with van der Waals surface area (Å²) in [4.78, 5) is 7.08. The molecule has 0 spiro atoms. The van der Waals surface area contributed by atoms with Gasteiger partial charge in [-0.25, -0.2) is 4.98 Å². The molecule has 1 aromatic carbocycles. The molecule has 0 atom stereocenters. The Hall–Kier alpha value is -2.59. The second-order valence-electron chi connectivity index (χ2n) is 2.93. The molecule has 0 fully saturated rings. The first-order valence-corrected chi connectivity index (χ1v) is 4.29. The van der Waals surface area contributed by atoms with Crippen molar-refractivity contribution < 1.29 is 0 Å². The predicted octanol–water partition coefficient (Wildman–Crippen LogP) is 1.99. The van der Waals surface area contributed by atoms with Crippen LogP contribution in [0.3, 0.4) is 0 Å². The van der Waals surface area contributed by atoms with Crippen molar-refractivity contribution in [2.45, 2.75) is 0 Å². The van der Waals surface area contributed by atoms with Crippen molar-refractivity contribution in [2.24, 2.45) is 0 Å². The normalized spacial score (nSPS) is 9.20. The first-order chi connectivity index (χ1) is 7.35. The maximum atomic E-state index is 8.64. The van der Waals surface area contributed by atoms with Gasteiger partial charge in [-0.05, 0) is 12.1 Å². The van der Waals surface area contributed by atoms with E-state index < -0.39 is 0 Å². The van der Waals surface area contributed by atoms with Crippen molar-refractivity contribution in [1.29, 1.82) is 10.5 Å². The van der Waals surface area contributed by atoms with Crippen LogP contribution in [0.25, 0.3) is 17.1 Å². The van der Waals surface area contributed by atoms with Crippen molar-refractivity contribution >= 4 is 17.1 Å². The number of para-hydroxylation sites is 1. The third-order valence-corrected chi connectivity index (χ3v) is 2.02. The topological polar surface area (TPSA) is 76.3 Å². The molecule has 4 heteroatoms. The van der Waals surface area contributed by atoms with Crippen molar-refractivity contribution in [3.05, 3.63) is 35.7 Å². The van der Waals surface area contributed by atoms with Crippen LogP contribution in [-0.2, 0) is 0 Å². The summed E-state index contributed by atoms with van der Waals surface area (Å²) in [6.45, 7) is 0. The molecule has 0 aliphatic carbocycles.